The van der Waals surface area contributed by atoms with Crippen molar-refractivity contribution < 1.29 is 19.2 Å². The van der Waals surface area contributed by atoms with Gasteiger partial charge in [-0.15, -0.1) is 0 Å². The Morgan fingerprint density at radius 2 is 0.842 bits per heavy atom. The van der Waals surface area contributed by atoms with Crippen LogP contribution in [-0.2, 0) is 9.59 Å². The zero-order valence-electron chi connectivity index (χ0n) is 23.2. The smallest absolute Gasteiger partial charge is 0.251 e. The number of carbonyl (C=O) groups is 4. The number of benzene rings is 2. The maximum absolute atomic E-state index is 12.8. The van der Waals surface area contributed by atoms with Crippen molar-refractivity contribution in [3.63, 3.8) is 0 Å². The summed E-state index contributed by atoms with van der Waals surface area (Å²) in [5, 5.41) is 11.7. The number of rotatable bonds is 6. The molecular formula is C30H40N4O4. The number of nitrogens with one attached hydrogen (secondary N) is 4. The fourth-order valence-corrected chi connectivity index (χ4v) is 4.34. The molecule has 3 rings (SSSR count). The Kier molecular flexibility index (Phi) is 8.97. The average Bonchev–Trinajstić information content (AvgIpc) is 2.83. The summed E-state index contributed by atoms with van der Waals surface area (Å²) in [4.78, 5) is 50.1. The highest BCUT2D eigenvalue weighted by atomic mass is 16.2. The standard InChI is InChI=1S/C30H40N4O4/c1-29(2,3)33-27(37)21-11-15-23(16-12-21)31-25(35)19-7-9-20(10-8-19)26(36)32-24-17-13-22(14-18-24)28(38)34-30(4,5)6/h11-20H,7-10H2,1-6H3,(H,31,35)(H,32,36)(H,33,37)(H,34,38). The molecular weight excluding hydrogens is 480 g/mol. The first-order chi connectivity index (χ1) is 17.7. The van der Waals surface area contributed by atoms with E-state index in [2.05, 4.69) is 21.3 Å². The van der Waals surface area contributed by atoms with Crippen LogP contribution in [0.4, 0.5) is 11.4 Å². The molecule has 0 radical (unpaired) electrons. The first-order valence-corrected chi connectivity index (χ1v) is 13.2. The van der Waals surface area contributed by atoms with Crippen molar-refractivity contribution in [1.29, 1.82) is 0 Å². The van der Waals surface area contributed by atoms with Crippen LogP contribution in [0.2, 0.25) is 0 Å². The van der Waals surface area contributed by atoms with Crippen LogP contribution in [0.3, 0.4) is 0 Å². The van der Waals surface area contributed by atoms with Crippen molar-refractivity contribution in [1.82, 2.24) is 10.6 Å². The number of amides is 4. The van der Waals surface area contributed by atoms with E-state index in [1.54, 1.807) is 48.5 Å². The predicted octanol–water partition coefficient (Wildman–Crippen LogP) is 5.13. The highest BCUT2D eigenvalue weighted by molar-refractivity contribution is 5.98. The Balaban J connectivity index is 1.46. The SMILES string of the molecule is CC(C)(C)NC(=O)c1ccc(NC(=O)C2CCC(C(=O)Nc3ccc(C(=O)NC(C)(C)C)cc3)CC2)cc1. The molecule has 4 amide bonds. The second-order valence-electron chi connectivity index (χ2n) is 12.1. The third kappa shape index (κ3) is 8.71. The lowest BCUT2D eigenvalue weighted by Crippen LogP contribution is -2.40. The first-order valence-electron chi connectivity index (χ1n) is 13.2. The third-order valence-corrected chi connectivity index (χ3v) is 6.28. The zero-order chi connectivity index (χ0) is 28.1. The van der Waals surface area contributed by atoms with E-state index in [4.69, 9.17) is 0 Å². The van der Waals surface area contributed by atoms with Gasteiger partial charge in [-0.2, -0.15) is 0 Å². The van der Waals surface area contributed by atoms with Crippen LogP contribution in [0.5, 0.6) is 0 Å². The summed E-state index contributed by atoms with van der Waals surface area (Å²) in [6.07, 6.45) is 2.51. The normalized spacial score (nSPS) is 17.7. The molecule has 0 bridgehead atoms. The van der Waals surface area contributed by atoms with E-state index in [0.717, 1.165) is 0 Å². The molecule has 0 atom stereocenters. The maximum atomic E-state index is 12.8. The lowest BCUT2D eigenvalue weighted by atomic mass is 9.81. The molecule has 2 aromatic rings. The number of hydrogen-bond donors (Lipinski definition) is 4. The van der Waals surface area contributed by atoms with Crippen molar-refractivity contribution in [2.45, 2.75) is 78.3 Å². The second kappa shape index (κ2) is 11.8. The molecule has 0 unspecified atom stereocenters. The highest BCUT2D eigenvalue weighted by Crippen LogP contribution is 2.31. The fourth-order valence-electron chi connectivity index (χ4n) is 4.34. The van der Waals surface area contributed by atoms with Crippen molar-refractivity contribution in [2.75, 3.05) is 10.6 Å². The zero-order valence-corrected chi connectivity index (χ0v) is 23.2. The number of anilines is 2. The quantitative estimate of drug-likeness (QED) is 0.423. The Morgan fingerprint density at radius 1 is 0.553 bits per heavy atom. The van der Waals surface area contributed by atoms with Crippen LogP contribution < -0.4 is 21.3 Å². The summed E-state index contributed by atoms with van der Waals surface area (Å²) < 4.78 is 0. The molecule has 1 aliphatic carbocycles. The average molecular weight is 521 g/mol. The van der Waals surface area contributed by atoms with E-state index < -0.39 is 0 Å². The van der Waals surface area contributed by atoms with E-state index in [1.807, 2.05) is 41.5 Å². The van der Waals surface area contributed by atoms with Crippen LogP contribution in [0, 0.1) is 11.8 Å². The van der Waals surface area contributed by atoms with Crippen LogP contribution in [0.15, 0.2) is 48.5 Å². The maximum Gasteiger partial charge on any atom is 0.251 e. The van der Waals surface area contributed by atoms with E-state index in [0.29, 0.717) is 48.2 Å². The molecule has 4 N–H and O–H groups in total. The molecule has 0 heterocycles. The van der Waals surface area contributed by atoms with E-state index >= 15 is 0 Å². The molecule has 0 aromatic heterocycles. The Hall–Kier alpha value is -3.68. The third-order valence-electron chi connectivity index (χ3n) is 6.28. The molecule has 0 spiro atoms. The van der Waals surface area contributed by atoms with Crippen molar-refractivity contribution in [3.8, 4) is 0 Å². The van der Waals surface area contributed by atoms with Gasteiger partial charge in [0.15, 0.2) is 0 Å². The Bertz CT molecular complexity index is 1060. The topological polar surface area (TPSA) is 116 Å². The molecule has 8 heteroatoms. The Morgan fingerprint density at radius 3 is 1.11 bits per heavy atom. The van der Waals surface area contributed by atoms with Gasteiger partial charge in [-0.1, -0.05) is 0 Å². The molecule has 0 aliphatic heterocycles. The van der Waals surface area contributed by atoms with Gasteiger partial charge in [-0.3, -0.25) is 19.2 Å². The second-order valence-corrected chi connectivity index (χ2v) is 12.1. The molecule has 2 aromatic carbocycles. The molecule has 38 heavy (non-hydrogen) atoms. The minimum Gasteiger partial charge on any atom is -0.347 e. The van der Waals surface area contributed by atoms with Gasteiger partial charge < -0.3 is 21.3 Å². The summed E-state index contributed by atoms with van der Waals surface area (Å²) in [7, 11) is 0. The molecule has 1 fully saturated rings. The molecule has 0 saturated heterocycles. The van der Waals surface area contributed by atoms with Gasteiger partial charge in [0.25, 0.3) is 11.8 Å². The van der Waals surface area contributed by atoms with Gasteiger partial charge in [0, 0.05) is 45.4 Å². The van der Waals surface area contributed by atoms with Crippen molar-refractivity contribution in [2.24, 2.45) is 11.8 Å². The summed E-state index contributed by atoms with van der Waals surface area (Å²) >= 11 is 0. The van der Waals surface area contributed by atoms with Gasteiger partial charge in [0.1, 0.15) is 0 Å². The lowest BCUT2D eigenvalue weighted by molar-refractivity contribution is -0.125. The van der Waals surface area contributed by atoms with E-state index in [1.165, 1.54) is 0 Å². The predicted molar refractivity (Wildman–Crippen MR) is 150 cm³/mol. The molecule has 8 nitrogen and oxygen atoms in total. The Labute approximate surface area is 225 Å². The molecule has 1 saturated carbocycles. The minimum absolute atomic E-state index is 0.0696. The van der Waals surface area contributed by atoms with Crippen molar-refractivity contribution in [3.05, 3.63) is 59.7 Å². The monoisotopic (exact) mass is 520 g/mol. The van der Waals surface area contributed by atoms with Crippen LogP contribution in [0.1, 0.15) is 87.9 Å². The molecule has 204 valence electrons. The number of carbonyl (C=O) groups excluding carboxylic acids is 4. The number of hydrogen-bond acceptors (Lipinski definition) is 4. The van der Waals surface area contributed by atoms with Gasteiger partial charge in [0.2, 0.25) is 11.8 Å². The van der Waals surface area contributed by atoms with Crippen LogP contribution in [0.25, 0.3) is 0 Å². The largest absolute Gasteiger partial charge is 0.347 e. The van der Waals surface area contributed by atoms with E-state index in [9.17, 15) is 19.2 Å². The van der Waals surface area contributed by atoms with Crippen LogP contribution >= 0.6 is 0 Å². The summed E-state index contributed by atoms with van der Waals surface area (Å²) in [5.74, 6) is -0.783. The highest BCUT2D eigenvalue weighted by Gasteiger charge is 2.30. The van der Waals surface area contributed by atoms with Crippen LogP contribution in [-0.4, -0.2) is 34.7 Å². The summed E-state index contributed by atoms with van der Waals surface area (Å²) in [6.45, 7) is 11.5. The molecule has 1 aliphatic rings. The van der Waals surface area contributed by atoms with E-state index in [-0.39, 0.29) is 46.5 Å². The van der Waals surface area contributed by atoms with Crippen molar-refractivity contribution >= 4 is 35.0 Å². The first kappa shape index (κ1) is 28.9. The summed E-state index contributed by atoms with van der Waals surface area (Å²) in [5.41, 5.74) is 1.70. The van der Waals surface area contributed by atoms with Gasteiger partial charge >= 0.3 is 0 Å². The van der Waals surface area contributed by atoms with Gasteiger partial charge in [-0.05, 0) is 116 Å². The van der Waals surface area contributed by atoms with Gasteiger partial charge in [-0.25, -0.2) is 0 Å². The summed E-state index contributed by atoms with van der Waals surface area (Å²) in [6, 6.07) is 13.7. The fraction of sp³-hybridized carbons (Fsp3) is 0.467. The van der Waals surface area contributed by atoms with Gasteiger partial charge in [0.05, 0.1) is 0 Å². The lowest BCUT2D eigenvalue weighted by Gasteiger charge is -2.27. The minimum atomic E-state index is -0.325.